The molecule has 1 aliphatic heterocycles. The second kappa shape index (κ2) is 1.70. The Balaban J connectivity index is 1.99. The lowest BCUT2D eigenvalue weighted by Gasteiger charge is -2.19. The summed E-state index contributed by atoms with van der Waals surface area (Å²) in [6.45, 7) is 0.351. The fourth-order valence-corrected chi connectivity index (χ4v) is 1.97. The summed E-state index contributed by atoms with van der Waals surface area (Å²) in [5.41, 5.74) is 0. The highest BCUT2D eigenvalue weighted by Crippen LogP contribution is 2.46. The maximum atomic E-state index is 8.83. The van der Waals surface area contributed by atoms with Crippen molar-refractivity contribution in [2.45, 2.75) is 24.9 Å². The third-order valence-electron chi connectivity index (χ3n) is 2.77. The molecule has 52 valence electrons. The molecule has 0 spiro atoms. The van der Waals surface area contributed by atoms with E-state index in [1.165, 1.54) is 12.8 Å². The predicted molar refractivity (Wildman–Crippen MR) is 35.1 cm³/mol. The first kappa shape index (κ1) is 5.69. The molecule has 0 aromatic carbocycles. The lowest BCUT2D eigenvalue weighted by Crippen LogP contribution is -2.31. The molecular weight excluding hydrogens is 114 g/mol. The molecule has 2 nitrogen and oxygen atoms in total. The molecule has 0 bridgehead atoms. The molecule has 1 saturated heterocycles. The Morgan fingerprint density at radius 2 is 2.33 bits per heavy atom. The number of hydrogen-bond donors (Lipinski definition) is 1. The monoisotopic (exact) mass is 127 g/mol. The van der Waals surface area contributed by atoms with Gasteiger partial charge < -0.3 is 5.11 Å². The number of likely N-dealkylation sites (N-methyl/N-ethyl adjacent to an activating group) is 1. The van der Waals surface area contributed by atoms with Gasteiger partial charge in [-0.15, -0.1) is 0 Å². The van der Waals surface area contributed by atoms with Crippen LogP contribution in [0, 0.1) is 5.92 Å². The first-order chi connectivity index (χ1) is 4.33. The predicted octanol–water partition coefficient (Wildman–Crippen LogP) is 0.0713. The van der Waals surface area contributed by atoms with Gasteiger partial charge >= 0.3 is 0 Å². The van der Waals surface area contributed by atoms with E-state index in [2.05, 4.69) is 11.9 Å². The number of fused-ring (bicyclic) bond motifs is 1. The highest BCUT2D eigenvalue weighted by atomic mass is 16.3. The quantitative estimate of drug-likeness (QED) is 0.539. The lowest BCUT2D eigenvalue weighted by atomic mass is 10.2. The highest BCUT2D eigenvalue weighted by molar-refractivity contribution is 5.03. The van der Waals surface area contributed by atoms with E-state index in [1.807, 2.05) is 0 Å². The Bertz CT molecular complexity index is 126. The van der Waals surface area contributed by atoms with Crippen LogP contribution in [-0.2, 0) is 0 Å². The lowest BCUT2D eigenvalue weighted by molar-refractivity contribution is 0.162. The number of aliphatic hydroxyl groups excluding tert-OH is 1. The van der Waals surface area contributed by atoms with Crippen LogP contribution in [0.15, 0.2) is 0 Å². The summed E-state index contributed by atoms with van der Waals surface area (Å²) < 4.78 is 0. The molecule has 1 aliphatic carbocycles. The molecule has 1 heterocycles. The van der Waals surface area contributed by atoms with Crippen molar-refractivity contribution in [3.8, 4) is 0 Å². The minimum absolute atomic E-state index is 0.351. The smallest absolute Gasteiger partial charge is 0.0586 e. The van der Waals surface area contributed by atoms with Gasteiger partial charge in [-0.05, 0) is 25.8 Å². The van der Waals surface area contributed by atoms with Crippen LogP contribution in [0.25, 0.3) is 0 Å². The average molecular weight is 127 g/mol. The van der Waals surface area contributed by atoms with E-state index in [0.29, 0.717) is 12.6 Å². The summed E-state index contributed by atoms with van der Waals surface area (Å²) in [6.07, 6.45) is 2.62. The molecule has 2 fully saturated rings. The Hall–Kier alpha value is -0.0800. The van der Waals surface area contributed by atoms with Crippen molar-refractivity contribution in [1.29, 1.82) is 0 Å². The SMILES string of the molecule is CN1C(CO)CC2CC21. The fourth-order valence-electron chi connectivity index (χ4n) is 1.97. The maximum Gasteiger partial charge on any atom is 0.0586 e. The summed E-state index contributed by atoms with van der Waals surface area (Å²) in [6, 6.07) is 1.32. The van der Waals surface area contributed by atoms with E-state index in [-0.39, 0.29) is 0 Å². The third-order valence-corrected chi connectivity index (χ3v) is 2.77. The van der Waals surface area contributed by atoms with Crippen molar-refractivity contribution in [3.63, 3.8) is 0 Å². The molecule has 2 rings (SSSR count). The molecular formula is C7H13NO. The van der Waals surface area contributed by atoms with Gasteiger partial charge in [0.05, 0.1) is 6.61 Å². The van der Waals surface area contributed by atoms with Gasteiger partial charge in [-0.1, -0.05) is 0 Å². The van der Waals surface area contributed by atoms with Crippen LogP contribution in [0.5, 0.6) is 0 Å². The Morgan fingerprint density at radius 1 is 1.56 bits per heavy atom. The van der Waals surface area contributed by atoms with E-state index < -0.39 is 0 Å². The van der Waals surface area contributed by atoms with Crippen molar-refractivity contribution in [3.05, 3.63) is 0 Å². The minimum atomic E-state index is 0.351. The normalized spacial score (nSPS) is 49.3. The Morgan fingerprint density at radius 3 is 2.67 bits per heavy atom. The molecule has 2 aliphatic rings. The van der Waals surface area contributed by atoms with Crippen LogP contribution in [0.3, 0.4) is 0 Å². The van der Waals surface area contributed by atoms with Gasteiger partial charge in [0.15, 0.2) is 0 Å². The summed E-state index contributed by atoms with van der Waals surface area (Å²) >= 11 is 0. The van der Waals surface area contributed by atoms with Gasteiger partial charge in [-0.3, -0.25) is 4.90 Å². The summed E-state index contributed by atoms with van der Waals surface area (Å²) in [4.78, 5) is 2.32. The topological polar surface area (TPSA) is 23.5 Å². The number of nitrogens with zero attached hydrogens (tertiary/aromatic N) is 1. The molecule has 3 atom stereocenters. The molecule has 1 N–H and O–H groups in total. The van der Waals surface area contributed by atoms with E-state index >= 15 is 0 Å². The van der Waals surface area contributed by atoms with Crippen LogP contribution in [0.1, 0.15) is 12.8 Å². The molecule has 0 amide bonds. The van der Waals surface area contributed by atoms with E-state index in [1.54, 1.807) is 0 Å². The number of piperidine rings is 1. The molecule has 1 saturated carbocycles. The van der Waals surface area contributed by atoms with E-state index in [9.17, 15) is 0 Å². The zero-order valence-electron chi connectivity index (χ0n) is 5.75. The van der Waals surface area contributed by atoms with Gasteiger partial charge in [0.2, 0.25) is 0 Å². The van der Waals surface area contributed by atoms with Crippen LogP contribution >= 0.6 is 0 Å². The maximum absolute atomic E-state index is 8.83. The second-order valence-electron chi connectivity index (χ2n) is 3.30. The number of aliphatic hydroxyl groups is 1. The Kier molecular flexibility index (Phi) is 1.08. The molecule has 0 aromatic heterocycles. The zero-order chi connectivity index (χ0) is 6.43. The number of likely N-dealkylation sites (tertiary alicyclic amines) is 1. The second-order valence-corrected chi connectivity index (χ2v) is 3.30. The van der Waals surface area contributed by atoms with Gasteiger partial charge in [0.25, 0.3) is 0 Å². The number of rotatable bonds is 1. The standard InChI is InChI=1S/C7H13NO/c1-8-6(4-9)2-5-3-7(5)8/h5-7,9H,2-4H2,1H3. The van der Waals surface area contributed by atoms with Crippen molar-refractivity contribution in [2.75, 3.05) is 13.7 Å². The van der Waals surface area contributed by atoms with Crippen LogP contribution in [-0.4, -0.2) is 35.7 Å². The van der Waals surface area contributed by atoms with Crippen molar-refractivity contribution in [2.24, 2.45) is 5.92 Å². The highest BCUT2D eigenvalue weighted by Gasteiger charge is 2.49. The van der Waals surface area contributed by atoms with E-state index in [4.69, 9.17) is 5.11 Å². The van der Waals surface area contributed by atoms with Gasteiger partial charge in [-0.2, -0.15) is 0 Å². The molecule has 3 unspecified atom stereocenters. The van der Waals surface area contributed by atoms with E-state index in [0.717, 1.165) is 12.0 Å². The van der Waals surface area contributed by atoms with Gasteiger partial charge in [0, 0.05) is 12.1 Å². The number of hydrogen-bond acceptors (Lipinski definition) is 2. The summed E-state index contributed by atoms with van der Waals surface area (Å²) in [7, 11) is 2.12. The zero-order valence-corrected chi connectivity index (χ0v) is 5.75. The molecule has 0 radical (unpaired) electrons. The van der Waals surface area contributed by atoms with Gasteiger partial charge in [-0.25, -0.2) is 0 Å². The largest absolute Gasteiger partial charge is 0.395 e. The summed E-state index contributed by atoms with van der Waals surface area (Å²) in [5.74, 6) is 0.937. The van der Waals surface area contributed by atoms with Crippen LogP contribution in [0.4, 0.5) is 0 Å². The minimum Gasteiger partial charge on any atom is -0.395 e. The van der Waals surface area contributed by atoms with Crippen molar-refractivity contribution < 1.29 is 5.11 Å². The first-order valence-electron chi connectivity index (χ1n) is 3.65. The van der Waals surface area contributed by atoms with Gasteiger partial charge in [0.1, 0.15) is 0 Å². The van der Waals surface area contributed by atoms with Crippen LogP contribution < -0.4 is 0 Å². The average Bonchev–Trinajstić information content (AvgIpc) is 2.55. The van der Waals surface area contributed by atoms with Crippen molar-refractivity contribution in [1.82, 2.24) is 4.90 Å². The van der Waals surface area contributed by atoms with Crippen LogP contribution in [0.2, 0.25) is 0 Å². The molecule has 0 aromatic rings. The van der Waals surface area contributed by atoms with Crippen molar-refractivity contribution >= 4 is 0 Å². The summed E-state index contributed by atoms with van der Waals surface area (Å²) in [5, 5.41) is 8.83. The fraction of sp³-hybridized carbons (Fsp3) is 1.00. The molecule has 2 heteroatoms. The Labute approximate surface area is 55.5 Å². The third kappa shape index (κ3) is 0.700. The first-order valence-corrected chi connectivity index (χ1v) is 3.65. The molecule has 9 heavy (non-hydrogen) atoms.